The summed E-state index contributed by atoms with van der Waals surface area (Å²) in [6, 6.07) is 21.6. The van der Waals surface area contributed by atoms with Gasteiger partial charge in [0.15, 0.2) is 5.11 Å². The number of para-hydroxylation sites is 1. The van der Waals surface area contributed by atoms with E-state index in [1.807, 2.05) is 68.4 Å². The van der Waals surface area contributed by atoms with Crippen molar-refractivity contribution >= 4 is 62.1 Å². The van der Waals surface area contributed by atoms with Crippen molar-refractivity contribution < 1.29 is 4.79 Å². The van der Waals surface area contributed by atoms with Crippen molar-refractivity contribution in [1.29, 1.82) is 0 Å². The van der Waals surface area contributed by atoms with Gasteiger partial charge in [-0.25, -0.2) is 0 Å². The highest BCUT2D eigenvalue weighted by Gasteiger charge is 2.42. The lowest BCUT2D eigenvalue weighted by Gasteiger charge is -2.28. The number of halogens is 2. The Kier molecular flexibility index (Phi) is 7.80. The summed E-state index contributed by atoms with van der Waals surface area (Å²) in [5.41, 5.74) is 6.70. The van der Waals surface area contributed by atoms with Crippen LogP contribution in [0.4, 0.5) is 11.4 Å². The maximum absolute atomic E-state index is 12.3. The van der Waals surface area contributed by atoms with Gasteiger partial charge in [-0.1, -0.05) is 43.6 Å². The van der Waals surface area contributed by atoms with Crippen molar-refractivity contribution in [3.8, 4) is 5.69 Å². The lowest BCUT2D eigenvalue weighted by molar-refractivity contribution is -0.118. The molecule has 1 amide bonds. The topological polar surface area (TPSA) is 62.2 Å². The minimum atomic E-state index is -0.193. The minimum absolute atomic E-state index is 0.0874. The van der Waals surface area contributed by atoms with Crippen molar-refractivity contribution in [2.24, 2.45) is 5.92 Å². The molecule has 1 aliphatic rings. The number of anilines is 2. The van der Waals surface area contributed by atoms with Crippen LogP contribution in [0.1, 0.15) is 48.6 Å². The van der Waals surface area contributed by atoms with Crippen LogP contribution in [-0.2, 0) is 4.79 Å². The molecule has 0 spiro atoms. The number of pyridine rings is 1. The van der Waals surface area contributed by atoms with E-state index in [2.05, 4.69) is 67.0 Å². The third-order valence-electron chi connectivity index (χ3n) is 6.99. The average Bonchev–Trinajstić information content (AvgIpc) is 3.41. The molecule has 39 heavy (non-hydrogen) atoms. The molecule has 0 aliphatic carbocycles. The lowest BCUT2D eigenvalue weighted by atomic mass is 9.96. The zero-order valence-corrected chi connectivity index (χ0v) is 25.2. The van der Waals surface area contributed by atoms with Gasteiger partial charge in [-0.15, -0.1) is 0 Å². The first kappa shape index (κ1) is 27.4. The smallest absolute Gasteiger partial charge is 0.226 e. The first-order valence-electron chi connectivity index (χ1n) is 12.7. The molecular formula is C30H29BrClN5OS. The van der Waals surface area contributed by atoms with Gasteiger partial charge in [0.2, 0.25) is 5.91 Å². The Hall–Kier alpha value is -3.20. The molecule has 1 fully saturated rings. The van der Waals surface area contributed by atoms with Crippen LogP contribution in [0.25, 0.3) is 5.69 Å². The van der Waals surface area contributed by atoms with Crippen LogP contribution < -0.4 is 15.5 Å². The molecule has 4 aromatic rings. The monoisotopic (exact) mass is 621 g/mol. The predicted molar refractivity (Wildman–Crippen MR) is 166 cm³/mol. The summed E-state index contributed by atoms with van der Waals surface area (Å²) in [6.07, 6.45) is 1.80. The largest absolute Gasteiger partial charge is 0.351 e. The van der Waals surface area contributed by atoms with Crippen LogP contribution in [-0.4, -0.2) is 20.6 Å². The number of hydrogen-bond donors (Lipinski definition) is 2. The van der Waals surface area contributed by atoms with Gasteiger partial charge in [-0.05, 0) is 96.1 Å². The van der Waals surface area contributed by atoms with Crippen LogP contribution in [0, 0.1) is 19.8 Å². The third-order valence-corrected chi connectivity index (χ3v) is 8.29. The molecule has 0 bridgehead atoms. The van der Waals surface area contributed by atoms with Crippen LogP contribution in [0.5, 0.6) is 0 Å². The van der Waals surface area contributed by atoms with E-state index in [-0.39, 0.29) is 23.9 Å². The number of hydrogen-bond acceptors (Lipinski definition) is 3. The summed E-state index contributed by atoms with van der Waals surface area (Å²) in [7, 11) is 0. The number of carbonyl (C=O) groups is 1. The standard InChI is InChI=1S/C30H29BrClN5OS/c1-17(2)29(38)34-24-13-12-20(16-23(24)32)37-28(27(35-30(37)39)25-10-7-8-14-33-25)21-15-18(3)36(19(21)4)26-11-6-5-9-22(26)31/h5-17,27-28H,1-4H3,(H,34,38)(H,35,39)/t27-,28-/m1/s1. The number of amides is 1. The zero-order valence-electron chi connectivity index (χ0n) is 22.1. The normalized spacial score (nSPS) is 17.0. The quantitative estimate of drug-likeness (QED) is 0.216. The molecule has 0 radical (unpaired) electrons. The first-order valence-corrected chi connectivity index (χ1v) is 14.3. The van der Waals surface area contributed by atoms with Gasteiger partial charge >= 0.3 is 0 Å². The number of aromatic nitrogens is 2. The van der Waals surface area contributed by atoms with Gasteiger partial charge in [-0.3, -0.25) is 9.78 Å². The van der Waals surface area contributed by atoms with E-state index in [1.165, 1.54) is 0 Å². The Morgan fingerprint density at radius 2 is 1.85 bits per heavy atom. The Bertz CT molecular complexity index is 1550. The summed E-state index contributed by atoms with van der Waals surface area (Å²) in [4.78, 5) is 19.1. The molecule has 3 heterocycles. The van der Waals surface area contributed by atoms with Crippen LogP contribution in [0.3, 0.4) is 0 Å². The molecule has 1 aliphatic heterocycles. The molecule has 0 unspecified atom stereocenters. The molecule has 5 rings (SSSR count). The summed E-state index contributed by atoms with van der Waals surface area (Å²) in [6.45, 7) is 7.94. The fourth-order valence-electron chi connectivity index (χ4n) is 5.07. The molecule has 2 atom stereocenters. The van der Waals surface area contributed by atoms with Crippen molar-refractivity contribution in [1.82, 2.24) is 14.9 Å². The van der Waals surface area contributed by atoms with Crippen molar-refractivity contribution in [3.05, 3.63) is 105 Å². The average molecular weight is 623 g/mol. The molecule has 0 saturated carbocycles. The number of nitrogens with zero attached hydrogens (tertiary/aromatic N) is 3. The second-order valence-electron chi connectivity index (χ2n) is 9.92. The molecule has 9 heteroatoms. The van der Waals surface area contributed by atoms with Gasteiger partial charge < -0.3 is 20.1 Å². The van der Waals surface area contributed by atoms with Gasteiger partial charge in [0.05, 0.1) is 34.2 Å². The van der Waals surface area contributed by atoms with Crippen LogP contribution in [0.2, 0.25) is 5.02 Å². The highest BCUT2D eigenvalue weighted by atomic mass is 79.9. The summed E-state index contributed by atoms with van der Waals surface area (Å²) >= 11 is 16.3. The highest BCUT2D eigenvalue weighted by molar-refractivity contribution is 9.10. The first-order chi connectivity index (χ1) is 18.7. The number of thiocarbonyl (C=S) groups is 1. The zero-order chi connectivity index (χ0) is 27.8. The molecule has 2 aromatic heterocycles. The maximum Gasteiger partial charge on any atom is 0.226 e. The lowest BCUT2D eigenvalue weighted by Crippen LogP contribution is -2.29. The summed E-state index contributed by atoms with van der Waals surface area (Å²) in [5, 5.41) is 7.45. The number of aryl methyl sites for hydroxylation is 1. The minimum Gasteiger partial charge on any atom is -0.351 e. The molecule has 6 nitrogen and oxygen atoms in total. The Balaban J connectivity index is 1.63. The van der Waals surface area contributed by atoms with E-state index < -0.39 is 0 Å². The van der Waals surface area contributed by atoms with Gasteiger partial charge in [0, 0.05) is 33.7 Å². The van der Waals surface area contributed by atoms with Crippen molar-refractivity contribution in [3.63, 3.8) is 0 Å². The number of nitrogens with one attached hydrogen (secondary N) is 2. The molecular weight excluding hydrogens is 594 g/mol. The number of benzene rings is 2. The van der Waals surface area contributed by atoms with E-state index in [1.54, 1.807) is 6.20 Å². The van der Waals surface area contributed by atoms with Gasteiger partial charge in [-0.2, -0.15) is 0 Å². The second-order valence-corrected chi connectivity index (χ2v) is 11.6. The fraction of sp³-hybridized carbons (Fsp3) is 0.233. The highest BCUT2D eigenvalue weighted by Crippen LogP contribution is 2.45. The Labute approximate surface area is 247 Å². The van der Waals surface area contributed by atoms with E-state index >= 15 is 0 Å². The molecule has 1 saturated heterocycles. The molecule has 200 valence electrons. The molecule has 2 aromatic carbocycles. The summed E-state index contributed by atoms with van der Waals surface area (Å²) < 4.78 is 3.27. The van der Waals surface area contributed by atoms with Crippen molar-refractivity contribution in [2.45, 2.75) is 39.8 Å². The van der Waals surface area contributed by atoms with E-state index in [0.717, 1.165) is 38.5 Å². The van der Waals surface area contributed by atoms with Gasteiger partial charge in [0.1, 0.15) is 0 Å². The maximum atomic E-state index is 12.3. The van der Waals surface area contributed by atoms with Crippen LogP contribution >= 0.6 is 39.7 Å². The molecule has 2 N–H and O–H groups in total. The Morgan fingerprint density at radius 1 is 1.10 bits per heavy atom. The Morgan fingerprint density at radius 3 is 2.51 bits per heavy atom. The van der Waals surface area contributed by atoms with E-state index in [4.69, 9.17) is 23.8 Å². The van der Waals surface area contributed by atoms with E-state index in [0.29, 0.717) is 15.8 Å². The predicted octanol–water partition coefficient (Wildman–Crippen LogP) is 7.68. The number of rotatable bonds is 6. The van der Waals surface area contributed by atoms with Crippen molar-refractivity contribution in [2.75, 3.05) is 10.2 Å². The third kappa shape index (κ3) is 5.21. The SMILES string of the molecule is Cc1cc([C@@H]2[C@@H](c3ccccn3)NC(=S)N2c2ccc(NC(=O)C(C)C)c(Cl)c2)c(C)n1-c1ccccc1Br. The second kappa shape index (κ2) is 11.1. The fourth-order valence-corrected chi connectivity index (χ4v) is 6.10. The van der Waals surface area contributed by atoms with Crippen LogP contribution in [0.15, 0.2) is 77.4 Å². The number of carbonyl (C=O) groups excluding carboxylic acids is 1. The van der Waals surface area contributed by atoms with E-state index in [9.17, 15) is 4.79 Å². The van der Waals surface area contributed by atoms with Gasteiger partial charge in [0.25, 0.3) is 0 Å². The summed E-state index contributed by atoms with van der Waals surface area (Å²) in [5.74, 6) is -0.241.